The first-order valence-corrected chi connectivity index (χ1v) is 7.15. The third-order valence-corrected chi connectivity index (χ3v) is 4.26. The Balaban J connectivity index is 2.34. The molecule has 2 rings (SSSR count). The van der Waals surface area contributed by atoms with Gasteiger partial charge in [0.05, 0.1) is 28.1 Å². The number of hydrazine groups is 1. The van der Waals surface area contributed by atoms with Gasteiger partial charge in [0, 0.05) is 24.7 Å². The minimum Gasteiger partial charge on any atom is -0.271 e. The number of hydrogen-bond acceptors (Lipinski definition) is 4. The van der Waals surface area contributed by atoms with Crippen molar-refractivity contribution in [3.63, 3.8) is 0 Å². The minimum absolute atomic E-state index is 0.337. The van der Waals surface area contributed by atoms with Gasteiger partial charge in [-0.3, -0.25) is 20.9 Å². The molecule has 2 aromatic rings. The Morgan fingerprint density at radius 3 is 2.90 bits per heavy atom. The molecule has 0 fully saturated rings. The number of rotatable bonds is 5. The van der Waals surface area contributed by atoms with Crippen molar-refractivity contribution in [3.05, 3.63) is 45.7 Å². The van der Waals surface area contributed by atoms with Crippen LogP contribution < -0.4 is 11.3 Å². The van der Waals surface area contributed by atoms with Crippen LogP contribution in [0.1, 0.15) is 29.9 Å². The maximum absolute atomic E-state index is 13.8. The number of hydrogen-bond donors (Lipinski definition) is 2. The van der Waals surface area contributed by atoms with E-state index in [0.29, 0.717) is 12.0 Å². The average molecular weight is 342 g/mol. The fraction of sp³-hybridized carbons (Fsp3) is 0.385. The van der Waals surface area contributed by atoms with Crippen molar-refractivity contribution >= 4 is 15.9 Å². The van der Waals surface area contributed by atoms with E-state index in [2.05, 4.69) is 31.4 Å². The second-order valence-electron chi connectivity index (χ2n) is 4.48. The summed E-state index contributed by atoms with van der Waals surface area (Å²) in [6, 6.07) is 1.29. The van der Waals surface area contributed by atoms with Gasteiger partial charge in [-0.25, -0.2) is 4.39 Å². The topological polar surface area (TPSA) is 68.8 Å². The second kappa shape index (κ2) is 6.43. The van der Waals surface area contributed by atoms with Crippen molar-refractivity contribution in [2.45, 2.75) is 32.9 Å². The normalized spacial score (nSPS) is 12.7. The van der Waals surface area contributed by atoms with E-state index in [9.17, 15) is 4.39 Å². The molecule has 7 heteroatoms. The van der Waals surface area contributed by atoms with E-state index in [0.717, 1.165) is 22.4 Å². The Labute approximate surface area is 125 Å². The van der Waals surface area contributed by atoms with Gasteiger partial charge in [0.25, 0.3) is 0 Å². The molecule has 0 saturated carbocycles. The van der Waals surface area contributed by atoms with E-state index in [-0.39, 0.29) is 11.9 Å². The maximum atomic E-state index is 13.8. The summed E-state index contributed by atoms with van der Waals surface area (Å²) in [5.74, 6) is 5.22. The highest BCUT2D eigenvalue weighted by Crippen LogP contribution is 2.27. The molecule has 2 heterocycles. The summed E-state index contributed by atoms with van der Waals surface area (Å²) in [6.07, 6.45) is 3.28. The first-order chi connectivity index (χ1) is 9.58. The number of nitrogens with two attached hydrogens (primary N) is 1. The molecule has 1 atom stereocenters. The molecule has 0 aliphatic rings. The molecule has 0 aromatic carbocycles. The Kier molecular flexibility index (Phi) is 4.85. The van der Waals surface area contributed by atoms with Gasteiger partial charge in [0.15, 0.2) is 0 Å². The summed E-state index contributed by atoms with van der Waals surface area (Å²) >= 11 is 3.53. The van der Waals surface area contributed by atoms with Gasteiger partial charge >= 0.3 is 0 Å². The van der Waals surface area contributed by atoms with Crippen LogP contribution >= 0.6 is 15.9 Å². The van der Waals surface area contributed by atoms with E-state index >= 15 is 0 Å². The van der Waals surface area contributed by atoms with Crippen LogP contribution in [0.4, 0.5) is 4.39 Å². The highest BCUT2D eigenvalue weighted by Gasteiger charge is 2.20. The van der Waals surface area contributed by atoms with Crippen LogP contribution in [0.3, 0.4) is 0 Å². The SMILES string of the molecule is CCn1nc(C)c(Br)c1CC(NN)c1ccncc1F. The molecule has 20 heavy (non-hydrogen) atoms. The van der Waals surface area contributed by atoms with E-state index < -0.39 is 0 Å². The van der Waals surface area contributed by atoms with Crippen molar-refractivity contribution in [2.75, 3.05) is 0 Å². The molecule has 0 radical (unpaired) electrons. The molecule has 108 valence electrons. The number of aryl methyl sites for hydroxylation is 2. The Morgan fingerprint density at radius 1 is 1.55 bits per heavy atom. The van der Waals surface area contributed by atoms with Gasteiger partial charge in [-0.15, -0.1) is 0 Å². The second-order valence-corrected chi connectivity index (χ2v) is 5.28. The molecule has 0 amide bonds. The van der Waals surface area contributed by atoms with Gasteiger partial charge in [0.1, 0.15) is 5.82 Å². The van der Waals surface area contributed by atoms with Gasteiger partial charge in [-0.1, -0.05) is 0 Å². The molecule has 3 N–H and O–H groups in total. The summed E-state index contributed by atoms with van der Waals surface area (Å²) in [6.45, 7) is 4.69. The first-order valence-electron chi connectivity index (χ1n) is 6.35. The molecule has 0 bridgehead atoms. The quantitative estimate of drug-likeness (QED) is 0.646. The van der Waals surface area contributed by atoms with Gasteiger partial charge in [-0.05, 0) is 35.8 Å². The van der Waals surface area contributed by atoms with Crippen molar-refractivity contribution in [1.82, 2.24) is 20.2 Å². The minimum atomic E-state index is -0.370. The smallest absolute Gasteiger partial charge is 0.146 e. The Hall–Kier alpha value is -1.31. The maximum Gasteiger partial charge on any atom is 0.146 e. The Morgan fingerprint density at radius 2 is 2.30 bits per heavy atom. The largest absolute Gasteiger partial charge is 0.271 e. The molecule has 1 unspecified atom stereocenters. The average Bonchev–Trinajstić information content (AvgIpc) is 2.73. The highest BCUT2D eigenvalue weighted by atomic mass is 79.9. The molecule has 0 saturated heterocycles. The van der Waals surface area contributed by atoms with Gasteiger partial charge in [-0.2, -0.15) is 5.10 Å². The van der Waals surface area contributed by atoms with Crippen LogP contribution in [0.15, 0.2) is 22.9 Å². The summed E-state index contributed by atoms with van der Waals surface area (Å²) in [4.78, 5) is 3.75. The number of pyridine rings is 1. The molecule has 5 nitrogen and oxygen atoms in total. The lowest BCUT2D eigenvalue weighted by atomic mass is 10.0. The van der Waals surface area contributed by atoms with Crippen LogP contribution in [0.25, 0.3) is 0 Å². The van der Waals surface area contributed by atoms with Crippen molar-refractivity contribution < 1.29 is 4.39 Å². The predicted octanol–water partition coefficient (Wildman–Crippen LogP) is 2.26. The third-order valence-electron chi connectivity index (χ3n) is 3.23. The number of nitrogens with zero attached hydrogens (tertiary/aromatic N) is 3. The van der Waals surface area contributed by atoms with E-state index in [1.165, 1.54) is 6.20 Å². The van der Waals surface area contributed by atoms with E-state index in [4.69, 9.17) is 5.84 Å². The summed E-state index contributed by atoms with van der Waals surface area (Å²) in [7, 11) is 0. The van der Waals surface area contributed by atoms with Crippen LogP contribution in [-0.2, 0) is 13.0 Å². The lowest BCUT2D eigenvalue weighted by Gasteiger charge is -2.17. The van der Waals surface area contributed by atoms with Crippen LogP contribution in [0.2, 0.25) is 0 Å². The molecule has 0 spiro atoms. The molecule has 2 aromatic heterocycles. The lowest BCUT2D eigenvalue weighted by molar-refractivity contribution is 0.487. The number of halogens is 2. The van der Waals surface area contributed by atoms with Crippen LogP contribution in [0.5, 0.6) is 0 Å². The van der Waals surface area contributed by atoms with Gasteiger partial charge < -0.3 is 0 Å². The lowest BCUT2D eigenvalue weighted by Crippen LogP contribution is -2.31. The fourth-order valence-electron chi connectivity index (χ4n) is 2.18. The van der Waals surface area contributed by atoms with Gasteiger partial charge in [0.2, 0.25) is 0 Å². The zero-order chi connectivity index (χ0) is 14.7. The predicted molar refractivity (Wildman–Crippen MR) is 78.3 cm³/mol. The monoisotopic (exact) mass is 341 g/mol. The zero-order valence-electron chi connectivity index (χ0n) is 11.4. The molecule has 0 aliphatic carbocycles. The van der Waals surface area contributed by atoms with E-state index in [1.807, 2.05) is 18.5 Å². The van der Waals surface area contributed by atoms with Crippen molar-refractivity contribution in [1.29, 1.82) is 0 Å². The Bertz CT molecular complexity index is 598. The third kappa shape index (κ3) is 2.89. The van der Waals surface area contributed by atoms with Crippen LogP contribution in [-0.4, -0.2) is 14.8 Å². The first kappa shape index (κ1) is 15.1. The van der Waals surface area contributed by atoms with Crippen molar-refractivity contribution in [3.8, 4) is 0 Å². The standard InChI is InChI=1S/C13H17BrFN5/c1-3-20-12(13(14)8(2)19-20)6-11(18-16)9-4-5-17-7-10(9)15/h4-5,7,11,18H,3,6,16H2,1-2H3. The molecular formula is C13H17BrFN5. The van der Waals surface area contributed by atoms with Crippen LogP contribution in [0, 0.1) is 12.7 Å². The van der Waals surface area contributed by atoms with E-state index in [1.54, 1.807) is 12.3 Å². The number of aromatic nitrogens is 3. The fourth-order valence-corrected chi connectivity index (χ4v) is 2.63. The molecular weight excluding hydrogens is 325 g/mol. The number of nitrogens with one attached hydrogen (secondary N) is 1. The summed E-state index contributed by atoms with van der Waals surface area (Å²) in [5, 5.41) is 4.43. The molecule has 0 aliphatic heterocycles. The summed E-state index contributed by atoms with van der Waals surface area (Å²) < 4.78 is 16.7. The highest BCUT2D eigenvalue weighted by molar-refractivity contribution is 9.10. The van der Waals surface area contributed by atoms with Crippen molar-refractivity contribution in [2.24, 2.45) is 5.84 Å². The summed E-state index contributed by atoms with van der Waals surface area (Å²) in [5.41, 5.74) is 5.06. The zero-order valence-corrected chi connectivity index (χ0v) is 13.0.